The SMILES string of the molecule is COC1CC2C(=O)NC(C(=O)OCO)C2(C)O1. The molecule has 7 heteroatoms. The highest BCUT2D eigenvalue weighted by atomic mass is 16.7. The molecule has 0 bridgehead atoms. The monoisotopic (exact) mass is 245 g/mol. The molecular weight excluding hydrogens is 230 g/mol. The summed E-state index contributed by atoms with van der Waals surface area (Å²) in [7, 11) is 1.48. The molecule has 2 aliphatic heterocycles. The number of ether oxygens (including phenoxy) is 3. The van der Waals surface area contributed by atoms with Crippen LogP contribution in [0, 0.1) is 5.92 Å². The molecule has 17 heavy (non-hydrogen) atoms. The van der Waals surface area contributed by atoms with Crippen LogP contribution in [0.15, 0.2) is 0 Å². The van der Waals surface area contributed by atoms with Gasteiger partial charge in [0.05, 0.1) is 5.92 Å². The molecule has 0 aromatic heterocycles. The van der Waals surface area contributed by atoms with Crippen LogP contribution in [0.1, 0.15) is 13.3 Å². The van der Waals surface area contributed by atoms with E-state index in [4.69, 9.17) is 14.6 Å². The van der Waals surface area contributed by atoms with E-state index in [1.165, 1.54) is 7.11 Å². The number of aliphatic hydroxyl groups excluding tert-OH is 1. The Morgan fingerprint density at radius 3 is 3.00 bits per heavy atom. The van der Waals surface area contributed by atoms with Gasteiger partial charge in [-0.05, 0) is 6.92 Å². The number of hydrogen-bond donors (Lipinski definition) is 2. The molecule has 2 aliphatic rings. The standard InChI is InChI=1S/C10H15NO6/c1-10-5(3-6(15-2)17-10)8(13)11-7(10)9(14)16-4-12/h5-7,12H,3-4H2,1-2H3,(H,11,13). The predicted octanol–water partition coefficient (Wildman–Crippen LogP) is -1.25. The third kappa shape index (κ3) is 1.80. The van der Waals surface area contributed by atoms with Crippen molar-refractivity contribution in [2.45, 2.75) is 31.3 Å². The minimum absolute atomic E-state index is 0.257. The Bertz CT molecular complexity index is 346. The van der Waals surface area contributed by atoms with Crippen molar-refractivity contribution in [2.75, 3.05) is 13.9 Å². The largest absolute Gasteiger partial charge is 0.437 e. The number of methoxy groups -OCH3 is 1. The summed E-state index contributed by atoms with van der Waals surface area (Å²) in [5.74, 6) is -1.40. The molecule has 0 aromatic rings. The first-order valence-corrected chi connectivity index (χ1v) is 5.31. The maximum absolute atomic E-state index is 11.7. The summed E-state index contributed by atoms with van der Waals surface area (Å²) >= 11 is 0. The summed E-state index contributed by atoms with van der Waals surface area (Å²) in [6.07, 6.45) is -0.0951. The van der Waals surface area contributed by atoms with Crippen LogP contribution in [0.5, 0.6) is 0 Å². The first-order chi connectivity index (χ1) is 8.02. The molecule has 0 aromatic carbocycles. The quantitative estimate of drug-likeness (QED) is 0.476. The Balaban J connectivity index is 2.20. The van der Waals surface area contributed by atoms with Gasteiger partial charge in [0.2, 0.25) is 5.91 Å². The zero-order valence-electron chi connectivity index (χ0n) is 9.63. The van der Waals surface area contributed by atoms with Gasteiger partial charge in [-0.25, -0.2) is 4.79 Å². The van der Waals surface area contributed by atoms with Crippen LogP contribution in [0.4, 0.5) is 0 Å². The topological polar surface area (TPSA) is 94.1 Å². The van der Waals surface area contributed by atoms with E-state index in [1.807, 2.05) is 0 Å². The summed E-state index contributed by atoms with van der Waals surface area (Å²) in [5, 5.41) is 11.1. The highest BCUT2D eigenvalue weighted by Crippen LogP contribution is 2.43. The van der Waals surface area contributed by atoms with Crippen LogP contribution in [-0.4, -0.2) is 48.8 Å². The Labute approximate surface area is 98.0 Å². The van der Waals surface area contributed by atoms with E-state index < -0.39 is 36.6 Å². The molecule has 2 N–H and O–H groups in total. The van der Waals surface area contributed by atoms with Crippen LogP contribution in [0.2, 0.25) is 0 Å². The van der Waals surface area contributed by atoms with E-state index in [-0.39, 0.29) is 5.91 Å². The fraction of sp³-hybridized carbons (Fsp3) is 0.800. The van der Waals surface area contributed by atoms with Gasteiger partial charge >= 0.3 is 5.97 Å². The Morgan fingerprint density at radius 2 is 2.41 bits per heavy atom. The minimum Gasteiger partial charge on any atom is -0.437 e. The lowest BCUT2D eigenvalue weighted by atomic mass is 9.87. The molecule has 96 valence electrons. The van der Waals surface area contributed by atoms with Crippen molar-refractivity contribution in [2.24, 2.45) is 5.92 Å². The van der Waals surface area contributed by atoms with Crippen molar-refractivity contribution in [3.8, 4) is 0 Å². The lowest BCUT2D eigenvalue weighted by Crippen LogP contribution is -2.49. The van der Waals surface area contributed by atoms with Gasteiger partial charge in [0.1, 0.15) is 5.60 Å². The maximum atomic E-state index is 11.7. The maximum Gasteiger partial charge on any atom is 0.333 e. The highest BCUT2D eigenvalue weighted by molar-refractivity contribution is 5.92. The van der Waals surface area contributed by atoms with Crippen LogP contribution >= 0.6 is 0 Å². The van der Waals surface area contributed by atoms with E-state index in [0.29, 0.717) is 6.42 Å². The molecule has 7 nitrogen and oxygen atoms in total. The van der Waals surface area contributed by atoms with Gasteiger partial charge in [-0.2, -0.15) is 0 Å². The summed E-state index contributed by atoms with van der Waals surface area (Å²) < 4.78 is 15.1. The first kappa shape index (κ1) is 12.3. The number of hydrogen-bond acceptors (Lipinski definition) is 6. The summed E-state index contributed by atoms with van der Waals surface area (Å²) in [4.78, 5) is 23.3. The van der Waals surface area contributed by atoms with Gasteiger partial charge in [0, 0.05) is 13.5 Å². The van der Waals surface area contributed by atoms with E-state index in [2.05, 4.69) is 10.1 Å². The van der Waals surface area contributed by atoms with E-state index in [9.17, 15) is 9.59 Å². The average molecular weight is 245 g/mol. The molecule has 2 fully saturated rings. The van der Waals surface area contributed by atoms with Gasteiger partial charge in [-0.3, -0.25) is 4.79 Å². The first-order valence-electron chi connectivity index (χ1n) is 5.31. The number of esters is 1. The molecule has 4 atom stereocenters. The number of rotatable bonds is 3. The molecule has 0 radical (unpaired) electrons. The van der Waals surface area contributed by atoms with Crippen LogP contribution in [-0.2, 0) is 23.8 Å². The highest BCUT2D eigenvalue weighted by Gasteiger charge is 2.62. The van der Waals surface area contributed by atoms with Crippen LogP contribution in [0.3, 0.4) is 0 Å². The fourth-order valence-corrected chi connectivity index (χ4v) is 2.45. The summed E-state index contributed by atoms with van der Waals surface area (Å²) in [6.45, 7) is 0.942. The molecule has 4 unspecified atom stereocenters. The fourth-order valence-electron chi connectivity index (χ4n) is 2.45. The third-order valence-corrected chi connectivity index (χ3v) is 3.39. The van der Waals surface area contributed by atoms with Crippen molar-refractivity contribution in [3.63, 3.8) is 0 Å². The molecule has 0 spiro atoms. The number of fused-ring (bicyclic) bond motifs is 1. The van der Waals surface area contributed by atoms with E-state index in [0.717, 1.165) is 0 Å². The van der Waals surface area contributed by atoms with Crippen LogP contribution in [0.25, 0.3) is 0 Å². The van der Waals surface area contributed by atoms with Gasteiger partial charge in [0.15, 0.2) is 19.1 Å². The second-order valence-electron chi connectivity index (χ2n) is 4.29. The molecule has 2 saturated heterocycles. The number of nitrogens with one attached hydrogen (secondary N) is 1. The zero-order chi connectivity index (χ0) is 12.6. The van der Waals surface area contributed by atoms with E-state index >= 15 is 0 Å². The van der Waals surface area contributed by atoms with Crippen molar-refractivity contribution in [1.82, 2.24) is 5.32 Å². The van der Waals surface area contributed by atoms with Crippen molar-refractivity contribution in [3.05, 3.63) is 0 Å². The van der Waals surface area contributed by atoms with Crippen molar-refractivity contribution < 1.29 is 28.9 Å². The van der Waals surface area contributed by atoms with Crippen molar-refractivity contribution in [1.29, 1.82) is 0 Å². The van der Waals surface area contributed by atoms with Gasteiger partial charge in [-0.15, -0.1) is 0 Å². The molecule has 2 heterocycles. The number of aliphatic hydroxyl groups is 1. The molecule has 1 amide bonds. The molecule has 2 rings (SSSR count). The number of amides is 1. The minimum atomic E-state index is -0.982. The number of carbonyl (C=O) groups is 2. The molecule has 0 aliphatic carbocycles. The summed E-state index contributed by atoms with van der Waals surface area (Å²) in [5.41, 5.74) is -0.982. The summed E-state index contributed by atoms with van der Waals surface area (Å²) in [6, 6.07) is -0.910. The van der Waals surface area contributed by atoms with Gasteiger partial charge in [0.25, 0.3) is 0 Å². The van der Waals surface area contributed by atoms with Gasteiger partial charge in [-0.1, -0.05) is 0 Å². The smallest absolute Gasteiger partial charge is 0.333 e. The normalized spacial score (nSPS) is 39.9. The average Bonchev–Trinajstić information content (AvgIpc) is 2.74. The Hall–Kier alpha value is -1.18. The van der Waals surface area contributed by atoms with E-state index in [1.54, 1.807) is 6.92 Å². The lowest BCUT2D eigenvalue weighted by molar-refractivity contribution is -0.178. The van der Waals surface area contributed by atoms with Crippen LogP contribution < -0.4 is 5.32 Å². The lowest BCUT2D eigenvalue weighted by Gasteiger charge is -2.27. The second-order valence-corrected chi connectivity index (χ2v) is 4.29. The molecular formula is C10H15NO6. The molecule has 0 saturated carbocycles. The number of carbonyl (C=O) groups excluding carboxylic acids is 2. The van der Waals surface area contributed by atoms with Gasteiger partial charge < -0.3 is 24.6 Å². The second kappa shape index (κ2) is 4.25. The third-order valence-electron chi connectivity index (χ3n) is 3.39. The van der Waals surface area contributed by atoms with Crippen molar-refractivity contribution >= 4 is 11.9 Å². The predicted molar refractivity (Wildman–Crippen MR) is 53.5 cm³/mol. The Kier molecular flexibility index (Phi) is 3.07. The Morgan fingerprint density at radius 1 is 1.71 bits per heavy atom. The zero-order valence-corrected chi connectivity index (χ0v) is 9.63.